The molecule has 2 aromatic carbocycles. The van der Waals surface area contributed by atoms with Crippen LogP contribution in [-0.2, 0) is 6.42 Å². The van der Waals surface area contributed by atoms with E-state index >= 15 is 0 Å². The third-order valence-corrected chi connectivity index (χ3v) is 4.96. The maximum absolute atomic E-state index is 12.9. The molecular weight excluding hydrogens is 442 g/mol. The lowest BCUT2D eigenvalue weighted by Crippen LogP contribution is -2.22. The molecule has 28 heavy (non-hydrogen) atoms. The molecule has 7 heteroatoms. The second kappa shape index (κ2) is 7.73. The number of aromatic nitrogens is 2. The van der Waals surface area contributed by atoms with E-state index in [0.717, 1.165) is 10.0 Å². The fourth-order valence-corrected chi connectivity index (χ4v) is 3.43. The van der Waals surface area contributed by atoms with E-state index in [1.165, 1.54) is 10.9 Å². The summed E-state index contributed by atoms with van der Waals surface area (Å²) in [6.45, 7) is 1.93. The fourth-order valence-electron chi connectivity index (χ4n) is 2.88. The quantitative estimate of drug-likeness (QED) is 0.380. The van der Waals surface area contributed by atoms with Gasteiger partial charge in [0.25, 0.3) is 5.56 Å². The van der Waals surface area contributed by atoms with Crippen LogP contribution in [-0.4, -0.2) is 15.9 Å². The van der Waals surface area contributed by atoms with Crippen LogP contribution in [0.15, 0.2) is 73.4 Å². The van der Waals surface area contributed by atoms with Gasteiger partial charge in [-0.15, -0.1) is 0 Å². The number of aryl methyl sites for hydroxylation is 1. The van der Waals surface area contributed by atoms with E-state index in [1.807, 2.05) is 43.3 Å². The Bertz CT molecular complexity index is 1260. The zero-order valence-corrected chi connectivity index (χ0v) is 17.2. The largest absolute Gasteiger partial charge is 0.455 e. The summed E-state index contributed by atoms with van der Waals surface area (Å²) >= 11 is 9.43. The van der Waals surface area contributed by atoms with Gasteiger partial charge in [-0.1, -0.05) is 46.6 Å². The molecule has 0 saturated heterocycles. The molecule has 5 nitrogen and oxygen atoms in total. The van der Waals surface area contributed by atoms with Crippen LogP contribution in [0.5, 0.6) is 0 Å². The van der Waals surface area contributed by atoms with E-state index in [-0.39, 0.29) is 5.56 Å². The minimum absolute atomic E-state index is 0.221. The van der Waals surface area contributed by atoms with E-state index in [0.29, 0.717) is 39.7 Å². The molecule has 0 amide bonds. The molecule has 0 bridgehead atoms. The molecule has 0 saturated carbocycles. The first kappa shape index (κ1) is 18.7. The number of fused-ring (bicyclic) bond motifs is 1. The van der Waals surface area contributed by atoms with Crippen LogP contribution in [0.1, 0.15) is 18.5 Å². The van der Waals surface area contributed by atoms with Gasteiger partial charge in [-0.3, -0.25) is 4.79 Å². The second-order valence-electron chi connectivity index (χ2n) is 6.12. The van der Waals surface area contributed by atoms with E-state index < -0.39 is 0 Å². The number of rotatable bonds is 4. The Morgan fingerprint density at radius 3 is 2.86 bits per heavy atom. The molecule has 4 rings (SSSR count). The monoisotopic (exact) mass is 455 g/mol. The summed E-state index contributed by atoms with van der Waals surface area (Å²) in [5.74, 6) is 1.78. The molecular formula is C21H15BrClN3O2. The van der Waals surface area contributed by atoms with Gasteiger partial charge in [-0.25, -0.2) is 4.98 Å². The van der Waals surface area contributed by atoms with Gasteiger partial charge in [0.2, 0.25) is 0 Å². The van der Waals surface area contributed by atoms with Crippen LogP contribution < -0.4 is 5.56 Å². The summed E-state index contributed by atoms with van der Waals surface area (Å²) in [4.78, 5) is 17.4. The molecule has 2 heterocycles. The van der Waals surface area contributed by atoms with Crippen molar-refractivity contribution < 1.29 is 4.42 Å². The van der Waals surface area contributed by atoms with Crippen molar-refractivity contribution in [1.29, 1.82) is 0 Å². The fraction of sp³-hybridized carbons (Fsp3) is 0.0952. The molecule has 4 aromatic rings. The average Bonchev–Trinajstić information content (AvgIpc) is 3.16. The molecule has 0 N–H and O–H groups in total. The molecule has 0 fully saturated rings. The second-order valence-corrected chi connectivity index (χ2v) is 7.47. The number of hydrogen-bond acceptors (Lipinski definition) is 4. The predicted octanol–water partition coefficient (Wildman–Crippen LogP) is 5.52. The average molecular weight is 457 g/mol. The van der Waals surface area contributed by atoms with Crippen molar-refractivity contribution in [2.24, 2.45) is 5.10 Å². The Balaban J connectivity index is 1.73. The van der Waals surface area contributed by atoms with Crippen molar-refractivity contribution in [3.05, 3.63) is 86.0 Å². The van der Waals surface area contributed by atoms with Crippen molar-refractivity contribution >= 4 is 44.6 Å². The number of hydrogen-bond donors (Lipinski definition) is 0. The van der Waals surface area contributed by atoms with Crippen molar-refractivity contribution in [3.63, 3.8) is 0 Å². The Labute approximate surface area is 174 Å². The number of benzene rings is 2. The lowest BCUT2D eigenvalue weighted by Gasteiger charge is -2.07. The van der Waals surface area contributed by atoms with Crippen LogP contribution in [0, 0.1) is 0 Å². The van der Waals surface area contributed by atoms with Gasteiger partial charge in [-0.2, -0.15) is 9.78 Å². The van der Waals surface area contributed by atoms with Crippen LogP contribution >= 0.6 is 27.5 Å². The summed E-state index contributed by atoms with van der Waals surface area (Å²) < 4.78 is 7.95. The van der Waals surface area contributed by atoms with Gasteiger partial charge in [-0.05, 0) is 42.5 Å². The Hall–Kier alpha value is -2.70. The lowest BCUT2D eigenvalue weighted by atomic mass is 10.2. The third kappa shape index (κ3) is 3.66. The summed E-state index contributed by atoms with van der Waals surface area (Å²) in [7, 11) is 0. The molecule has 0 radical (unpaired) electrons. The highest BCUT2D eigenvalue weighted by molar-refractivity contribution is 9.10. The molecule has 0 spiro atoms. The van der Waals surface area contributed by atoms with E-state index in [1.54, 1.807) is 18.2 Å². The summed E-state index contributed by atoms with van der Waals surface area (Å²) in [6.07, 6.45) is 2.09. The normalized spacial score (nSPS) is 11.5. The predicted molar refractivity (Wildman–Crippen MR) is 115 cm³/mol. The molecule has 0 aliphatic carbocycles. The minimum atomic E-state index is -0.221. The van der Waals surface area contributed by atoms with Crippen LogP contribution in [0.2, 0.25) is 5.02 Å². The molecule has 0 atom stereocenters. The zero-order chi connectivity index (χ0) is 19.7. The molecule has 0 unspecified atom stereocenters. The van der Waals surface area contributed by atoms with Gasteiger partial charge in [0.15, 0.2) is 0 Å². The Morgan fingerprint density at radius 1 is 1.21 bits per heavy atom. The van der Waals surface area contributed by atoms with Crippen molar-refractivity contribution in [1.82, 2.24) is 9.66 Å². The minimum Gasteiger partial charge on any atom is -0.455 e. The molecule has 140 valence electrons. The van der Waals surface area contributed by atoms with E-state index in [2.05, 4.69) is 26.0 Å². The van der Waals surface area contributed by atoms with Gasteiger partial charge < -0.3 is 4.42 Å². The van der Waals surface area contributed by atoms with Gasteiger partial charge in [0.05, 0.1) is 17.1 Å². The van der Waals surface area contributed by atoms with Gasteiger partial charge in [0.1, 0.15) is 17.3 Å². The number of nitrogens with zero attached hydrogens (tertiary/aromatic N) is 3. The molecule has 2 aromatic heterocycles. The smallest absolute Gasteiger partial charge is 0.282 e. The molecule has 0 aliphatic heterocycles. The SMILES string of the molecule is CCc1nc2ccc(Br)cc2c(=O)n1N=Cc1ccc(-c2cccc(Cl)c2)o1. The van der Waals surface area contributed by atoms with E-state index in [4.69, 9.17) is 16.0 Å². The topological polar surface area (TPSA) is 60.4 Å². The van der Waals surface area contributed by atoms with E-state index in [9.17, 15) is 4.79 Å². The Morgan fingerprint density at radius 2 is 2.07 bits per heavy atom. The highest BCUT2D eigenvalue weighted by Crippen LogP contribution is 2.24. The highest BCUT2D eigenvalue weighted by Gasteiger charge is 2.10. The van der Waals surface area contributed by atoms with Crippen LogP contribution in [0.3, 0.4) is 0 Å². The first-order valence-electron chi connectivity index (χ1n) is 8.66. The number of halogens is 2. The van der Waals surface area contributed by atoms with Gasteiger partial charge in [0, 0.05) is 21.5 Å². The third-order valence-electron chi connectivity index (χ3n) is 4.23. The maximum Gasteiger partial charge on any atom is 0.282 e. The molecule has 0 aliphatic rings. The zero-order valence-electron chi connectivity index (χ0n) is 14.9. The van der Waals surface area contributed by atoms with Crippen LogP contribution in [0.25, 0.3) is 22.2 Å². The van der Waals surface area contributed by atoms with Gasteiger partial charge >= 0.3 is 0 Å². The van der Waals surface area contributed by atoms with Crippen LogP contribution in [0.4, 0.5) is 0 Å². The van der Waals surface area contributed by atoms with Crippen molar-refractivity contribution in [3.8, 4) is 11.3 Å². The lowest BCUT2D eigenvalue weighted by molar-refractivity contribution is 0.573. The first-order chi connectivity index (χ1) is 13.5. The Kier molecular flexibility index (Phi) is 5.15. The summed E-state index contributed by atoms with van der Waals surface area (Å²) in [5, 5.41) is 5.47. The van der Waals surface area contributed by atoms with Crippen molar-refractivity contribution in [2.45, 2.75) is 13.3 Å². The highest BCUT2D eigenvalue weighted by atomic mass is 79.9. The first-order valence-corrected chi connectivity index (χ1v) is 9.83. The standard InChI is InChI=1S/C21H15BrClN3O2/c1-2-20-25-18-8-6-14(22)11-17(18)21(27)26(20)24-12-16-7-9-19(28-16)13-4-3-5-15(23)10-13/h3-12H,2H2,1H3. The maximum atomic E-state index is 12.9. The summed E-state index contributed by atoms with van der Waals surface area (Å²) in [5.41, 5.74) is 1.30. The van der Waals surface area contributed by atoms with Crippen molar-refractivity contribution in [2.75, 3.05) is 0 Å². The summed E-state index contributed by atoms with van der Waals surface area (Å²) in [6, 6.07) is 16.5. The number of furan rings is 1.